The highest BCUT2D eigenvalue weighted by molar-refractivity contribution is 7.92. The van der Waals surface area contributed by atoms with E-state index in [1.54, 1.807) is 12.1 Å². The molecule has 0 heterocycles. The van der Waals surface area contributed by atoms with Crippen LogP contribution in [0.1, 0.15) is 43.0 Å². The van der Waals surface area contributed by atoms with Gasteiger partial charge in [-0.25, -0.2) is 8.42 Å². The molecule has 8 heteroatoms. The summed E-state index contributed by atoms with van der Waals surface area (Å²) in [5, 5.41) is 2.69. The van der Waals surface area contributed by atoms with Crippen molar-refractivity contribution in [3.05, 3.63) is 101 Å². The zero-order chi connectivity index (χ0) is 28.8. The first-order valence-corrected chi connectivity index (χ1v) is 14.8. The van der Waals surface area contributed by atoms with Gasteiger partial charge in [-0.2, -0.15) is 0 Å². The summed E-state index contributed by atoms with van der Waals surface area (Å²) in [6.45, 7) is 7.94. The van der Waals surface area contributed by atoms with Gasteiger partial charge in [0.15, 0.2) is 0 Å². The molecule has 3 aromatic rings. The van der Waals surface area contributed by atoms with Gasteiger partial charge < -0.3 is 10.2 Å². The summed E-state index contributed by atoms with van der Waals surface area (Å²) in [4.78, 5) is 28.6. The number of nitrogens with one attached hydrogen (secondary N) is 1. The molecule has 0 aliphatic heterocycles. The lowest BCUT2D eigenvalue weighted by Crippen LogP contribution is -2.52. The Kier molecular flexibility index (Phi) is 9.56. The lowest BCUT2D eigenvalue weighted by molar-refractivity contribution is -0.139. The molecule has 0 aromatic heterocycles. The van der Waals surface area contributed by atoms with Gasteiger partial charge in [0, 0.05) is 20.0 Å². The topological polar surface area (TPSA) is 86.8 Å². The number of hydrogen-bond donors (Lipinski definition) is 1. The number of carbonyl (C=O) groups excluding carboxylic acids is 2. The standard InChI is InChI=1S/C31H39N3O4S/c1-23-12-14-25(15-13-23)21-33(28(30(36)32-5)20-24-10-8-7-9-11-24)29(35)22-34(39(6,37)38)27-18-16-26(17-19-27)31(2,3)4/h7-19,28H,20-22H2,1-6H3,(H,32,36)/t28-/m1/s1. The molecule has 3 aromatic carbocycles. The fraction of sp³-hybridized carbons (Fsp3) is 0.355. The van der Waals surface area contributed by atoms with Crippen LogP contribution in [0.3, 0.4) is 0 Å². The molecule has 0 bridgehead atoms. The highest BCUT2D eigenvalue weighted by atomic mass is 32.2. The van der Waals surface area contributed by atoms with Crippen molar-refractivity contribution < 1.29 is 18.0 Å². The number of rotatable bonds is 10. The Bertz CT molecular complexity index is 1360. The second kappa shape index (κ2) is 12.5. The van der Waals surface area contributed by atoms with Crippen LogP contribution in [-0.4, -0.2) is 51.0 Å². The van der Waals surface area contributed by atoms with Crippen LogP contribution in [-0.2, 0) is 38.0 Å². The van der Waals surface area contributed by atoms with E-state index in [2.05, 4.69) is 26.1 Å². The molecule has 3 rings (SSSR count). The van der Waals surface area contributed by atoms with Crippen LogP contribution < -0.4 is 9.62 Å². The third-order valence-electron chi connectivity index (χ3n) is 6.69. The SMILES string of the molecule is CNC(=O)[C@@H](Cc1ccccc1)N(Cc1ccc(C)cc1)C(=O)CN(c1ccc(C(C)(C)C)cc1)S(C)(=O)=O. The van der Waals surface area contributed by atoms with Crippen LogP contribution in [0, 0.1) is 6.92 Å². The first kappa shape index (κ1) is 29.9. The minimum Gasteiger partial charge on any atom is -0.357 e. The number of anilines is 1. The fourth-order valence-corrected chi connectivity index (χ4v) is 5.20. The van der Waals surface area contributed by atoms with Crippen molar-refractivity contribution in [1.82, 2.24) is 10.2 Å². The van der Waals surface area contributed by atoms with E-state index in [9.17, 15) is 18.0 Å². The molecular formula is C31H39N3O4S. The Labute approximate surface area is 232 Å². The van der Waals surface area contributed by atoms with Crippen molar-refractivity contribution in [3.8, 4) is 0 Å². The summed E-state index contributed by atoms with van der Waals surface area (Å²) in [6, 6.07) is 23.6. The molecule has 1 atom stereocenters. The average Bonchev–Trinajstić information content (AvgIpc) is 2.89. The van der Waals surface area contributed by atoms with Crippen LogP contribution in [0.2, 0.25) is 0 Å². The molecule has 1 N–H and O–H groups in total. The number of aryl methyl sites for hydroxylation is 1. The maximum atomic E-state index is 14.0. The lowest BCUT2D eigenvalue weighted by Gasteiger charge is -2.33. The Morgan fingerprint density at radius 2 is 1.46 bits per heavy atom. The normalized spacial score (nSPS) is 12.5. The lowest BCUT2D eigenvalue weighted by atomic mass is 9.87. The summed E-state index contributed by atoms with van der Waals surface area (Å²) in [5.74, 6) is -0.787. The summed E-state index contributed by atoms with van der Waals surface area (Å²) in [5.41, 5.74) is 4.16. The number of nitrogens with zero attached hydrogens (tertiary/aromatic N) is 2. The first-order valence-electron chi connectivity index (χ1n) is 13.0. The molecule has 2 amide bonds. The molecule has 0 aliphatic carbocycles. The second-order valence-electron chi connectivity index (χ2n) is 10.9. The Morgan fingerprint density at radius 1 is 0.872 bits per heavy atom. The third kappa shape index (κ3) is 8.17. The summed E-state index contributed by atoms with van der Waals surface area (Å²) >= 11 is 0. The van der Waals surface area contributed by atoms with Crippen LogP contribution >= 0.6 is 0 Å². The quantitative estimate of drug-likeness (QED) is 0.405. The van der Waals surface area contributed by atoms with Gasteiger partial charge in [-0.05, 0) is 41.2 Å². The Balaban J connectivity index is 2.01. The molecule has 208 valence electrons. The van der Waals surface area contributed by atoms with E-state index in [0.717, 1.165) is 32.8 Å². The third-order valence-corrected chi connectivity index (χ3v) is 7.83. The summed E-state index contributed by atoms with van der Waals surface area (Å²) < 4.78 is 26.9. The molecule has 0 saturated carbocycles. The van der Waals surface area contributed by atoms with Crippen molar-refractivity contribution in [2.75, 3.05) is 24.2 Å². The van der Waals surface area contributed by atoms with E-state index < -0.39 is 28.5 Å². The minimum absolute atomic E-state index is 0.104. The predicted molar refractivity (Wildman–Crippen MR) is 157 cm³/mol. The molecule has 0 fully saturated rings. The van der Waals surface area contributed by atoms with Gasteiger partial charge >= 0.3 is 0 Å². The minimum atomic E-state index is -3.80. The summed E-state index contributed by atoms with van der Waals surface area (Å²) in [7, 11) is -2.26. The Morgan fingerprint density at radius 3 is 1.97 bits per heavy atom. The molecule has 0 aliphatic rings. The zero-order valence-electron chi connectivity index (χ0n) is 23.6. The van der Waals surface area contributed by atoms with Crippen molar-refractivity contribution >= 4 is 27.5 Å². The molecule has 39 heavy (non-hydrogen) atoms. The van der Waals surface area contributed by atoms with Crippen LogP contribution in [0.4, 0.5) is 5.69 Å². The van der Waals surface area contributed by atoms with Crippen molar-refractivity contribution in [3.63, 3.8) is 0 Å². The van der Waals surface area contributed by atoms with Crippen LogP contribution in [0.15, 0.2) is 78.9 Å². The number of amides is 2. The van der Waals surface area contributed by atoms with Gasteiger partial charge in [-0.3, -0.25) is 13.9 Å². The van der Waals surface area contributed by atoms with E-state index in [0.29, 0.717) is 5.69 Å². The number of hydrogen-bond acceptors (Lipinski definition) is 4. The van der Waals surface area contributed by atoms with Crippen molar-refractivity contribution in [2.45, 2.75) is 52.1 Å². The predicted octanol–water partition coefficient (Wildman–Crippen LogP) is 4.44. The summed E-state index contributed by atoms with van der Waals surface area (Å²) in [6.07, 6.45) is 1.37. The average molecular weight is 550 g/mol. The first-order chi connectivity index (χ1) is 18.3. The highest BCUT2D eigenvalue weighted by Crippen LogP contribution is 2.26. The Hall–Kier alpha value is -3.65. The molecule has 0 unspecified atom stereocenters. The smallest absolute Gasteiger partial charge is 0.244 e. The van der Waals surface area contributed by atoms with E-state index >= 15 is 0 Å². The van der Waals surface area contributed by atoms with E-state index in [-0.39, 0.29) is 24.3 Å². The van der Waals surface area contributed by atoms with Gasteiger partial charge in [0.25, 0.3) is 0 Å². The fourth-order valence-electron chi connectivity index (χ4n) is 4.35. The number of sulfonamides is 1. The van der Waals surface area contributed by atoms with E-state index in [4.69, 9.17) is 0 Å². The largest absolute Gasteiger partial charge is 0.357 e. The second-order valence-corrected chi connectivity index (χ2v) is 12.8. The monoisotopic (exact) mass is 549 g/mol. The van der Waals surface area contributed by atoms with Gasteiger partial charge in [-0.15, -0.1) is 0 Å². The van der Waals surface area contributed by atoms with E-state index in [1.807, 2.05) is 73.7 Å². The van der Waals surface area contributed by atoms with Crippen molar-refractivity contribution in [1.29, 1.82) is 0 Å². The number of carbonyl (C=O) groups is 2. The van der Waals surface area contributed by atoms with Gasteiger partial charge in [0.1, 0.15) is 12.6 Å². The molecule has 0 saturated heterocycles. The van der Waals surface area contributed by atoms with Crippen LogP contribution in [0.5, 0.6) is 0 Å². The maximum Gasteiger partial charge on any atom is 0.244 e. The molecule has 7 nitrogen and oxygen atoms in total. The number of likely N-dealkylation sites (N-methyl/N-ethyl adjacent to an activating group) is 1. The van der Waals surface area contributed by atoms with Gasteiger partial charge in [0.2, 0.25) is 21.8 Å². The maximum absolute atomic E-state index is 14.0. The van der Waals surface area contributed by atoms with Gasteiger partial charge in [-0.1, -0.05) is 93.1 Å². The highest BCUT2D eigenvalue weighted by Gasteiger charge is 2.32. The molecule has 0 spiro atoms. The van der Waals surface area contributed by atoms with Crippen molar-refractivity contribution in [2.24, 2.45) is 0 Å². The molecule has 0 radical (unpaired) electrons. The number of benzene rings is 3. The van der Waals surface area contributed by atoms with Crippen LogP contribution in [0.25, 0.3) is 0 Å². The zero-order valence-corrected chi connectivity index (χ0v) is 24.5. The van der Waals surface area contributed by atoms with Gasteiger partial charge in [0.05, 0.1) is 11.9 Å². The van der Waals surface area contributed by atoms with E-state index in [1.165, 1.54) is 11.9 Å². The molecular weight excluding hydrogens is 510 g/mol.